The highest BCUT2D eigenvalue weighted by molar-refractivity contribution is 7.98. The molecule has 0 unspecified atom stereocenters. The number of thioether (sulfide) groups is 1. The Labute approximate surface area is 118 Å². The maximum Gasteiger partial charge on any atom is 0.226 e. The molecule has 3 heterocycles. The van der Waals surface area contributed by atoms with Crippen LogP contribution in [-0.2, 0) is 6.54 Å². The minimum Gasteiger partial charge on any atom is -0.453 e. The Morgan fingerprint density at radius 3 is 3.11 bits per heavy atom. The number of halogens is 1. The van der Waals surface area contributed by atoms with Crippen LogP contribution in [0.5, 0.6) is 0 Å². The molecule has 0 aromatic carbocycles. The molecule has 0 radical (unpaired) electrons. The first-order chi connectivity index (χ1) is 9.26. The lowest BCUT2D eigenvalue weighted by molar-refractivity contribution is 0.437. The summed E-state index contributed by atoms with van der Waals surface area (Å²) in [5, 5.41) is 4.20. The van der Waals surface area contributed by atoms with Crippen LogP contribution in [0.1, 0.15) is 5.76 Å². The highest BCUT2D eigenvalue weighted by atomic mass is 35.5. The van der Waals surface area contributed by atoms with Crippen molar-refractivity contribution in [1.82, 2.24) is 19.9 Å². The summed E-state index contributed by atoms with van der Waals surface area (Å²) >= 11 is 7.41. The van der Waals surface area contributed by atoms with Gasteiger partial charge in [-0.25, -0.2) is 4.98 Å². The molecule has 0 fully saturated rings. The number of imidazole rings is 1. The number of anilines is 1. The quantitative estimate of drug-likeness (QED) is 0.569. The van der Waals surface area contributed by atoms with Crippen molar-refractivity contribution in [2.24, 2.45) is 0 Å². The fourth-order valence-electron chi connectivity index (χ4n) is 1.67. The standard InChI is InChI=1S/C11H10ClN5OS/c1-19-7-3-2-6(18-7)4-13-9-8-10(15-5-14-8)17-11(12)16-9/h2-3,5H,4H2,1H3,(H2,13,14,15,16,17). The number of aromatic nitrogens is 4. The molecule has 0 aliphatic rings. The van der Waals surface area contributed by atoms with Crippen LogP contribution in [0, 0.1) is 0 Å². The Bertz CT molecular complexity index is 710. The van der Waals surface area contributed by atoms with Crippen molar-refractivity contribution in [3.63, 3.8) is 0 Å². The van der Waals surface area contributed by atoms with Crippen LogP contribution in [0.2, 0.25) is 5.28 Å². The highest BCUT2D eigenvalue weighted by Crippen LogP contribution is 2.21. The SMILES string of the molecule is CSc1ccc(CNc2nc(Cl)nc3nc[nH]c23)o1. The molecule has 2 N–H and O–H groups in total. The van der Waals surface area contributed by atoms with E-state index in [1.54, 1.807) is 18.1 Å². The summed E-state index contributed by atoms with van der Waals surface area (Å²) in [6.07, 6.45) is 3.52. The lowest BCUT2D eigenvalue weighted by Crippen LogP contribution is -2.02. The van der Waals surface area contributed by atoms with Gasteiger partial charge < -0.3 is 14.7 Å². The van der Waals surface area contributed by atoms with Crippen LogP contribution >= 0.6 is 23.4 Å². The van der Waals surface area contributed by atoms with Crippen molar-refractivity contribution < 1.29 is 4.42 Å². The zero-order chi connectivity index (χ0) is 13.2. The summed E-state index contributed by atoms with van der Waals surface area (Å²) in [6, 6.07) is 3.85. The predicted octanol–water partition coefficient (Wildman–Crippen LogP) is 2.93. The topological polar surface area (TPSA) is 79.6 Å². The highest BCUT2D eigenvalue weighted by Gasteiger charge is 2.09. The number of nitrogens with one attached hydrogen (secondary N) is 2. The Hall–Kier alpha value is -1.73. The van der Waals surface area contributed by atoms with Gasteiger partial charge in [0.25, 0.3) is 0 Å². The first-order valence-corrected chi connectivity index (χ1v) is 7.10. The number of hydrogen-bond donors (Lipinski definition) is 2. The zero-order valence-electron chi connectivity index (χ0n) is 9.98. The van der Waals surface area contributed by atoms with Gasteiger partial charge in [-0.2, -0.15) is 9.97 Å². The second-order valence-corrected chi connectivity index (χ2v) is 4.87. The minimum atomic E-state index is 0.159. The number of H-pyrrole nitrogens is 1. The third-order valence-corrected chi connectivity index (χ3v) is 3.32. The Morgan fingerprint density at radius 2 is 2.32 bits per heavy atom. The smallest absolute Gasteiger partial charge is 0.226 e. The van der Waals surface area contributed by atoms with Gasteiger partial charge in [-0.1, -0.05) is 11.8 Å². The molecule has 0 amide bonds. The van der Waals surface area contributed by atoms with E-state index in [-0.39, 0.29) is 5.28 Å². The van der Waals surface area contributed by atoms with Crippen LogP contribution < -0.4 is 5.32 Å². The average molecular weight is 296 g/mol. The molecule has 8 heteroatoms. The van der Waals surface area contributed by atoms with Gasteiger partial charge in [-0.05, 0) is 30.0 Å². The fourth-order valence-corrected chi connectivity index (χ4v) is 2.23. The Balaban J connectivity index is 1.83. The number of hydrogen-bond acceptors (Lipinski definition) is 6. The zero-order valence-corrected chi connectivity index (χ0v) is 11.5. The van der Waals surface area contributed by atoms with Gasteiger partial charge in [0.2, 0.25) is 5.28 Å². The number of aromatic amines is 1. The summed E-state index contributed by atoms with van der Waals surface area (Å²) in [6.45, 7) is 0.516. The van der Waals surface area contributed by atoms with Gasteiger partial charge in [0.05, 0.1) is 12.9 Å². The molecule has 0 bridgehead atoms. The fraction of sp³-hybridized carbons (Fsp3) is 0.182. The van der Waals surface area contributed by atoms with E-state index in [1.165, 1.54) is 0 Å². The maximum atomic E-state index is 5.85. The van der Waals surface area contributed by atoms with Crippen LogP contribution in [0.15, 0.2) is 28.0 Å². The van der Waals surface area contributed by atoms with E-state index in [0.717, 1.165) is 16.4 Å². The van der Waals surface area contributed by atoms with E-state index in [4.69, 9.17) is 16.0 Å². The lowest BCUT2D eigenvalue weighted by Gasteiger charge is -2.04. The van der Waals surface area contributed by atoms with Crippen LogP contribution in [0.25, 0.3) is 11.2 Å². The number of nitrogens with zero attached hydrogens (tertiary/aromatic N) is 3. The average Bonchev–Trinajstić information content (AvgIpc) is 3.03. The third-order valence-electron chi connectivity index (χ3n) is 2.53. The largest absolute Gasteiger partial charge is 0.453 e. The molecule has 98 valence electrons. The lowest BCUT2D eigenvalue weighted by atomic mass is 10.4. The summed E-state index contributed by atoms with van der Waals surface area (Å²) in [7, 11) is 0. The van der Waals surface area contributed by atoms with Crippen molar-refractivity contribution in [3.05, 3.63) is 29.5 Å². The Morgan fingerprint density at radius 1 is 1.42 bits per heavy atom. The first kappa shape index (κ1) is 12.3. The predicted molar refractivity (Wildman–Crippen MR) is 74.5 cm³/mol. The molecule has 19 heavy (non-hydrogen) atoms. The minimum absolute atomic E-state index is 0.159. The molecule has 3 rings (SSSR count). The molecule has 0 aliphatic heterocycles. The first-order valence-electron chi connectivity index (χ1n) is 5.49. The van der Waals surface area contributed by atoms with Gasteiger partial charge in [0, 0.05) is 0 Å². The van der Waals surface area contributed by atoms with Crippen LogP contribution in [0.4, 0.5) is 5.82 Å². The normalized spacial score (nSPS) is 11.1. The molecule has 3 aromatic heterocycles. The molecule has 6 nitrogen and oxygen atoms in total. The van der Waals surface area contributed by atoms with Crippen molar-refractivity contribution in [2.75, 3.05) is 11.6 Å². The molecule has 3 aromatic rings. The van der Waals surface area contributed by atoms with E-state index in [9.17, 15) is 0 Å². The van der Waals surface area contributed by atoms with Crippen molar-refractivity contribution in [1.29, 1.82) is 0 Å². The summed E-state index contributed by atoms with van der Waals surface area (Å²) in [5.74, 6) is 1.43. The molecule has 0 aliphatic carbocycles. The molecule has 0 saturated carbocycles. The van der Waals surface area contributed by atoms with Crippen LogP contribution in [-0.4, -0.2) is 26.2 Å². The number of fused-ring (bicyclic) bond motifs is 1. The molecule has 0 atom stereocenters. The van der Waals surface area contributed by atoms with Crippen LogP contribution in [0.3, 0.4) is 0 Å². The molecule has 0 saturated heterocycles. The van der Waals surface area contributed by atoms with E-state index >= 15 is 0 Å². The van der Waals surface area contributed by atoms with Gasteiger partial charge in [-0.15, -0.1) is 0 Å². The Kier molecular flexibility index (Phi) is 3.31. The third kappa shape index (κ3) is 2.52. The van der Waals surface area contributed by atoms with Gasteiger partial charge in [0.15, 0.2) is 16.6 Å². The van der Waals surface area contributed by atoms with Gasteiger partial charge in [-0.3, -0.25) is 0 Å². The monoisotopic (exact) mass is 295 g/mol. The van der Waals surface area contributed by atoms with Crippen molar-refractivity contribution in [3.8, 4) is 0 Å². The van der Waals surface area contributed by atoms with E-state index < -0.39 is 0 Å². The van der Waals surface area contributed by atoms with Crippen molar-refractivity contribution in [2.45, 2.75) is 11.6 Å². The van der Waals surface area contributed by atoms with E-state index in [1.807, 2.05) is 18.4 Å². The van der Waals surface area contributed by atoms with Gasteiger partial charge in [0.1, 0.15) is 11.3 Å². The molecule has 0 spiro atoms. The second kappa shape index (κ2) is 5.10. The van der Waals surface area contributed by atoms with E-state index in [0.29, 0.717) is 18.0 Å². The molecular formula is C11H10ClN5OS. The number of furan rings is 1. The summed E-state index contributed by atoms with van der Waals surface area (Å²) in [4.78, 5) is 15.2. The summed E-state index contributed by atoms with van der Waals surface area (Å²) in [5.41, 5.74) is 1.26. The van der Waals surface area contributed by atoms with Gasteiger partial charge >= 0.3 is 0 Å². The van der Waals surface area contributed by atoms with Crippen molar-refractivity contribution >= 4 is 40.3 Å². The van der Waals surface area contributed by atoms with E-state index in [2.05, 4.69) is 25.3 Å². The maximum absolute atomic E-state index is 5.85. The second-order valence-electron chi connectivity index (χ2n) is 3.72. The number of rotatable bonds is 4. The summed E-state index contributed by atoms with van der Waals surface area (Å²) < 4.78 is 5.58. The molecular weight excluding hydrogens is 286 g/mol.